The van der Waals surface area contributed by atoms with Crippen molar-refractivity contribution in [2.75, 3.05) is 12.4 Å². The first-order chi connectivity index (χ1) is 19.5. The van der Waals surface area contributed by atoms with Gasteiger partial charge >= 0.3 is 12.1 Å². The van der Waals surface area contributed by atoms with E-state index in [9.17, 15) is 27.6 Å². The van der Waals surface area contributed by atoms with E-state index in [2.05, 4.69) is 15.4 Å². The van der Waals surface area contributed by atoms with Gasteiger partial charge in [0.1, 0.15) is 5.69 Å². The first-order valence-electron chi connectivity index (χ1n) is 12.7. The number of hydrogen-bond donors (Lipinski definition) is 2. The molecular weight excluding hydrogens is 535 g/mol. The van der Waals surface area contributed by atoms with Gasteiger partial charge in [0.25, 0.3) is 11.8 Å². The number of nitrogens with zero attached hydrogens (tertiary/aromatic N) is 1. The van der Waals surface area contributed by atoms with Crippen LogP contribution in [0.15, 0.2) is 85.1 Å². The van der Waals surface area contributed by atoms with Crippen molar-refractivity contribution in [3.63, 3.8) is 0 Å². The van der Waals surface area contributed by atoms with Crippen LogP contribution in [0.25, 0.3) is 11.1 Å². The smallest absolute Gasteiger partial charge is 0.416 e. The van der Waals surface area contributed by atoms with Crippen LogP contribution in [0.5, 0.6) is 0 Å². The van der Waals surface area contributed by atoms with Gasteiger partial charge in [0.2, 0.25) is 0 Å². The van der Waals surface area contributed by atoms with Crippen molar-refractivity contribution in [2.45, 2.75) is 25.6 Å². The maximum absolute atomic E-state index is 13.1. The molecule has 3 aromatic carbocycles. The molecule has 0 saturated heterocycles. The quantitative estimate of drug-likeness (QED) is 0.245. The highest BCUT2D eigenvalue weighted by atomic mass is 19.4. The molecule has 4 aromatic rings. The summed E-state index contributed by atoms with van der Waals surface area (Å²) in [5.41, 5.74) is 3.02. The Morgan fingerprint density at radius 1 is 0.878 bits per heavy atom. The standard InChI is InChI=1S/C31H28F3N3O4/c1-37-19-24(17-27(37)30(40)35-18-21-9-7-20(8-10-21)11-16-28(38)41-2)36-29(39)26-6-4-3-5-25(26)22-12-14-23(15-13-22)31(32,33)34/h3-10,12-15,17,19H,11,16,18H2,1-2H3,(H,35,40)(H,36,39). The van der Waals surface area contributed by atoms with Crippen molar-refractivity contribution in [3.8, 4) is 11.1 Å². The number of esters is 1. The average Bonchev–Trinajstić information content (AvgIpc) is 3.34. The fourth-order valence-electron chi connectivity index (χ4n) is 4.27. The average molecular weight is 564 g/mol. The van der Waals surface area contributed by atoms with Crippen LogP contribution in [-0.2, 0) is 35.7 Å². The van der Waals surface area contributed by atoms with Crippen LogP contribution in [0.2, 0.25) is 0 Å². The van der Waals surface area contributed by atoms with E-state index >= 15 is 0 Å². The Labute approximate surface area is 235 Å². The van der Waals surface area contributed by atoms with Gasteiger partial charge in [0, 0.05) is 31.8 Å². The molecule has 0 aliphatic rings. The first-order valence-corrected chi connectivity index (χ1v) is 12.7. The van der Waals surface area contributed by atoms with E-state index < -0.39 is 17.6 Å². The van der Waals surface area contributed by atoms with Gasteiger partial charge in [-0.15, -0.1) is 0 Å². The molecule has 0 spiro atoms. The summed E-state index contributed by atoms with van der Waals surface area (Å²) in [7, 11) is 3.03. The molecular formula is C31H28F3N3O4. The van der Waals surface area contributed by atoms with Gasteiger partial charge in [-0.05, 0) is 52.9 Å². The maximum Gasteiger partial charge on any atom is 0.416 e. The second kappa shape index (κ2) is 12.5. The van der Waals surface area contributed by atoms with Crippen LogP contribution in [0.3, 0.4) is 0 Å². The van der Waals surface area contributed by atoms with Gasteiger partial charge in [0.15, 0.2) is 0 Å². The number of carbonyl (C=O) groups is 3. The van der Waals surface area contributed by atoms with Gasteiger partial charge in [-0.1, -0.05) is 54.6 Å². The van der Waals surface area contributed by atoms with Gasteiger partial charge in [-0.3, -0.25) is 14.4 Å². The highest BCUT2D eigenvalue weighted by Crippen LogP contribution is 2.32. The summed E-state index contributed by atoms with van der Waals surface area (Å²) in [6.07, 6.45) is -2.00. The number of benzene rings is 3. The molecule has 212 valence electrons. The SMILES string of the molecule is COC(=O)CCc1ccc(CNC(=O)c2cc(NC(=O)c3ccccc3-c3ccc(C(F)(F)F)cc3)cn2C)cc1. The molecule has 0 fully saturated rings. The lowest BCUT2D eigenvalue weighted by Crippen LogP contribution is -2.24. The molecule has 41 heavy (non-hydrogen) atoms. The molecule has 0 saturated carbocycles. The number of carbonyl (C=O) groups excluding carboxylic acids is 3. The molecule has 2 amide bonds. The third-order valence-electron chi connectivity index (χ3n) is 6.51. The number of rotatable bonds is 9. The minimum atomic E-state index is -4.45. The number of hydrogen-bond acceptors (Lipinski definition) is 4. The lowest BCUT2D eigenvalue weighted by molar-refractivity contribution is -0.140. The normalized spacial score (nSPS) is 11.1. The predicted molar refractivity (Wildman–Crippen MR) is 148 cm³/mol. The second-order valence-corrected chi connectivity index (χ2v) is 9.38. The molecule has 0 atom stereocenters. The summed E-state index contributed by atoms with van der Waals surface area (Å²) >= 11 is 0. The number of ether oxygens (including phenoxy) is 1. The molecule has 0 aliphatic carbocycles. The number of halogens is 3. The van der Waals surface area contributed by atoms with E-state index in [1.807, 2.05) is 24.3 Å². The second-order valence-electron chi connectivity index (χ2n) is 9.38. The molecule has 1 heterocycles. The molecule has 0 radical (unpaired) electrons. The zero-order chi connectivity index (χ0) is 29.6. The Bertz CT molecular complexity index is 1540. The molecule has 10 heteroatoms. The molecule has 7 nitrogen and oxygen atoms in total. The minimum Gasteiger partial charge on any atom is -0.469 e. The highest BCUT2D eigenvalue weighted by Gasteiger charge is 2.30. The maximum atomic E-state index is 13.1. The van der Waals surface area contributed by atoms with Crippen LogP contribution >= 0.6 is 0 Å². The fraction of sp³-hybridized carbons (Fsp3) is 0.194. The Balaban J connectivity index is 1.40. The van der Waals surface area contributed by atoms with E-state index in [1.54, 1.807) is 48.1 Å². The summed E-state index contributed by atoms with van der Waals surface area (Å²) in [4.78, 5) is 37.3. The number of anilines is 1. The van der Waals surface area contributed by atoms with Gasteiger partial charge < -0.3 is 19.9 Å². The Kier molecular flexibility index (Phi) is 8.91. The third-order valence-corrected chi connectivity index (χ3v) is 6.51. The van der Waals surface area contributed by atoms with Crippen molar-refractivity contribution in [1.29, 1.82) is 0 Å². The molecule has 2 N–H and O–H groups in total. The van der Waals surface area contributed by atoms with Crippen LogP contribution in [-0.4, -0.2) is 29.5 Å². The number of nitrogens with one attached hydrogen (secondary N) is 2. The molecule has 1 aromatic heterocycles. The van der Waals surface area contributed by atoms with Crippen molar-refractivity contribution >= 4 is 23.5 Å². The molecule has 0 bridgehead atoms. The molecule has 0 aliphatic heterocycles. The number of aryl methyl sites for hydroxylation is 2. The topological polar surface area (TPSA) is 89.4 Å². The van der Waals surface area contributed by atoms with E-state index in [-0.39, 0.29) is 24.0 Å². The Morgan fingerprint density at radius 3 is 2.20 bits per heavy atom. The predicted octanol–water partition coefficient (Wildman–Crippen LogP) is 6.00. The summed E-state index contributed by atoms with van der Waals surface area (Å²) < 4.78 is 45.1. The van der Waals surface area contributed by atoms with Crippen molar-refractivity contribution in [2.24, 2.45) is 7.05 Å². The monoisotopic (exact) mass is 563 g/mol. The fourth-order valence-corrected chi connectivity index (χ4v) is 4.27. The van der Waals surface area contributed by atoms with Crippen LogP contribution in [0, 0.1) is 0 Å². The third kappa shape index (κ3) is 7.42. The number of amides is 2. The lowest BCUT2D eigenvalue weighted by Gasteiger charge is -2.11. The van der Waals surface area contributed by atoms with Crippen molar-refractivity contribution in [3.05, 3.63) is 113 Å². The summed E-state index contributed by atoms with van der Waals surface area (Å²) in [6, 6.07) is 20.3. The van der Waals surface area contributed by atoms with Crippen molar-refractivity contribution in [1.82, 2.24) is 9.88 Å². The van der Waals surface area contributed by atoms with E-state index in [0.29, 0.717) is 35.3 Å². The molecule has 4 rings (SSSR count). The first kappa shape index (κ1) is 29.1. The zero-order valence-corrected chi connectivity index (χ0v) is 22.4. The highest BCUT2D eigenvalue weighted by molar-refractivity contribution is 6.09. The van der Waals surface area contributed by atoms with Gasteiger partial charge in [0.05, 0.1) is 18.4 Å². The Morgan fingerprint density at radius 2 is 1.54 bits per heavy atom. The van der Waals surface area contributed by atoms with E-state index in [0.717, 1.165) is 23.3 Å². The summed E-state index contributed by atoms with van der Waals surface area (Å²) in [5.74, 6) is -1.08. The van der Waals surface area contributed by atoms with Crippen LogP contribution in [0.4, 0.5) is 18.9 Å². The summed E-state index contributed by atoms with van der Waals surface area (Å²) in [5, 5.41) is 5.62. The van der Waals surface area contributed by atoms with E-state index in [1.165, 1.54) is 19.2 Å². The van der Waals surface area contributed by atoms with Gasteiger partial charge in [-0.2, -0.15) is 13.2 Å². The molecule has 0 unspecified atom stereocenters. The number of alkyl halides is 3. The summed E-state index contributed by atoms with van der Waals surface area (Å²) in [6.45, 7) is 0.281. The zero-order valence-electron chi connectivity index (χ0n) is 22.4. The minimum absolute atomic E-state index is 0.275. The van der Waals surface area contributed by atoms with Gasteiger partial charge in [-0.25, -0.2) is 0 Å². The van der Waals surface area contributed by atoms with E-state index in [4.69, 9.17) is 0 Å². The lowest BCUT2D eigenvalue weighted by atomic mass is 9.98. The largest absolute Gasteiger partial charge is 0.469 e. The van der Waals surface area contributed by atoms with Crippen LogP contribution < -0.4 is 10.6 Å². The van der Waals surface area contributed by atoms with Crippen LogP contribution in [0.1, 0.15) is 44.0 Å². The number of methoxy groups -OCH3 is 1. The van der Waals surface area contributed by atoms with Crippen molar-refractivity contribution < 1.29 is 32.3 Å². The Hall–Kier alpha value is -4.86. The number of aromatic nitrogens is 1.